The fourth-order valence-electron chi connectivity index (χ4n) is 5.07. The highest BCUT2D eigenvalue weighted by Crippen LogP contribution is 2.34. The zero-order valence-corrected chi connectivity index (χ0v) is 22.5. The van der Waals surface area contributed by atoms with Crippen LogP contribution in [0.25, 0.3) is 0 Å². The maximum Gasteiger partial charge on any atom is 0.416 e. The van der Waals surface area contributed by atoms with Crippen LogP contribution in [0.2, 0.25) is 10.0 Å². The molecule has 4 rings (SSSR count). The number of nitrogens with one attached hydrogen (secondary N) is 1. The SMILES string of the molecule is OC(CN1CCC(c2ccc(C(F)(F)F)cc2)CC1)C1(O)CCN(C(=S)Nc2cc(Cl)cc(Cl)c2)CC1. The summed E-state index contributed by atoms with van der Waals surface area (Å²) in [7, 11) is 0. The summed E-state index contributed by atoms with van der Waals surface area (Å²) in [6.45, 7) is 2.75. The molecule has 2 aliphatic heterocycles. The highest BCUT2D eigenvalue weighted by atomic mass is 35.5. The van der Waals surface area contributed by atoms with E-state index in [2.05, 4.69) is 10.2 Å². The summed E-state index contributed by atoms with van der Waals surface area (Å²) < 4.78 is 38.5. The van der Waals surface area contributed by atoms with Gasteiger partial charge in [0.1, 0.15) is 0 Å². The van der Waals surface area contributed by atoms with Crippen LogP contribution in [0.4, 0.5) is 18.9 Å². The molecule has 0 aromatic heterocycles. The minimum Gasteiger partial charge on any atom is -0.389 e. The number of aliphatic hydroxyl groups excluding tert-OH is 1. The van der Waals surface area contributed by atoms with Crippen molar-refractivity contribution in [1.29, 1.82) is 0 Å². The van der Waals surface area contributed by atoms with Crippen LogP contribution in [0.3, 0.4) is 0 Å². The van der Waals surface area contributed by atoms with E-state index in [1.54, 1.807) is 30.3 Å². The van der Waals surface area contributed by atoms with E-state index < -0.39 is 23.4 Å². The van der Waals surface area contributed by atoms with Crippen LogP contribution in [0.1, 0.15) is 42.7 Å². The number of nitrogens with zero attached hydrogens (tertiary/aromatic N) is 2. The van der Waals surface area contributed by atoms with Crippen molar-refractivity contribution in [3.05, 3.63) is 63.6 Å². The molecule has 5 nitrogen and oxygen atoms in total. The van der Waals surface area contributed by atoms with Gasteiger partial charge >= 0.3 is 6.18 Å². The molecule has 2 saturated heterocycles. The predicted molar refractivity (Wildman–Crippen MR) is 144 cm³/mol. The molecule has 2 aromatic carbocycles. The molecular weight excluding hydrogens is 546 g/mol. The first-order chi connectivity index (χ1) is 17.4. The second-order valence-electron chi connectivity index (χ2n) is 9.89. The monoisotopic (exact) mass is 575 g/mol. The Labute approximate surface area is 230 Å². The predicted octanol–water partition coefficient (Wildman–Crippen LogP) is 5.78. The van der Waals surface area contributed by atoms with Crippen molar-refractivity contribution in [2.45, 2.75) is 49.5 Å². The van der Waals surface area contributed by atoms with E-state index in [1.807, 2.05) is 4.90 Å². The average molecular weight is 577 g/mol. The highest BCUT2D eigenvalue weighted by Gasteiger charge is 2.40. The second-order valence-corrected chi connectivity index (χ2v) is 11.1. The lowest BCUT2D eigenvalue weighted by molar-refractivity contribution is -0.137. The van der Waals surface area contributed by atoms with Gasteiger partial charge in [-0.2, -0.15) is 13.2 Å². The van der Waals surface area contributed by atoms with Crippen LogP contribution in [-0.2, 0) is 6.18 Å². The molecular formula is C26H30Cl2F3N3O2S. The van der Waals surface area contributed by atoms with Crippen molar-refractivity contribution in [2.75, 3.05) is 38.0 Å². The Hall–Kier alpha value is -1.62. The third kappa shape index (κ3) is 7.28. The zero-order valence-electron chi connectivity index (χ0n) is 20.1. The molecule has 2 aromatic rings. The Morgan fingerprint density at radius 1 is 1.03 bits per heavy atom. The summed E-state index contributed by atoms with van der Waals surface area (Å²) in [5.74, 6) is 0.185. The largest absolute Gasteiger partial charge is 0.416 e. The Kier molecular flexibility index (Phi) is 8.93. The topological polar surface area (TPSA) is 59.0 Å². The van der Waals surface area contributed by atoms with Crippen LogP contribution >= 0.6 is 35.4 Å². The van der Waals surface area contributed by atoms with Gasteiger partial charge in [-0.25, -0.2) is 0 Å². The lowest BCUT2D eigenvalue weighted by atomic mass is 9.84. The van der Waals surface area contributed by atoms with Crippen LogP contribution in [0, 0.1) is 0 Å². The minimum atomic E-state index is -4.33. The molecule has 0 aliphatic carbocycles. The molecule has 0 radical (unpaired) electrons. The molecule has 3 N–H and O–H groups in total. The molecule has 0 saturated carbocycles. The van der Waals surface area contributed by atoms with Gasteiger partial charge in [0.25, 0.3) is 0 Å². The Morgan fingerprint density at radius 3 is 2.14 bits per heavy atom. The van der Waals surface area contributed by atoms with Gasteiger partial charge in [-0.15, -0.1) is 0 Å². The summed E-state index contributed by atoms with van der Waals surface area (Å²) in [5, 5.41) is 26.7. The summed E-state index contributed by atoms with van der Waals surface area (Å²) in [6, 6.07) is 10.5. The van der Waals surface area contributed by atoms with E-state index in [-0.39, 0.29) is 5.92 Å². The molecule has 202 valence electrons. The van der Waals surface area contributed by atoms with E-state index in [0.29, 0.717) is 66.4 Å². The smallest absolute Gasteiger partial charge is 0.389 e. The third-order valence-corrected chi connectivity index (χ3v) is 8.18. The van der Waals surface area contributed by atoms with Gasteiger partial charge in [0.05, 0.1) is 17.3 Å². The van der Waals surface area contributed by atoms with Gasteiger partial charge in [0.2, 0.25) is 0 Å². The number of benzene rings is 2. The third-order valence-electron chi connectivity index (χ3n) is 7.38. The summed E-state index contributed by atoms with van der Waals surface area (Å²) in [4.78, 5) is 4.06. The zero-order chi connectivity index (χ0) is 26.8. The van der Waals surface area contributed by atoms with Crippen molar-refractivity contribution in [1.82, 2.24) is 9.80 Å². The van der Waals surface area contributed by atoms with E-state index >= 15 is 0 Å². The average Bonchev–Trinajstić information content (AvgIpc) is 2.84. The van der Waals surface area contributed by atoms with E-state index in [1.165, 1.54) is 0 Å². The summed E-state index contributed by atoms with van der Waals surface area (Å²) >= 11 is 17.6. The molecule has 11 heteroatoms. The van der Waals surface area contributed by atoms with Gasteiger partial charge in [-0.1, -0.05) is 35.3 Å². The van der Waals surface area contributed by atoms with Crippen LogP contribution in [0.5, 0.6) is 0 Å². The number of β-amino-alcohol motifs (C(OH)–C–C–N with tert-alkyl or cyclic N) is 1. The van der Waals surface area contributed by atoms with Crippen LogP contribution in [0.15, 0.2) is 42.5 Å². The Balaban J connectivity index is 1.24. The van der Waals surface area contributed by atoms with Crippen molar-refractivity contribution < 1.29 is 23.4 Å². The first-order valence-corrected chi connectivity index (χ1v) is 13.4. The van der Waals surface area contributed by atoms with Crippen molar-refractivity contribution in [3.63, 3.8) is 0 Å². The Morgan fingerprint density at radius 2 is 1.59 bits per heavy atom. The first-order valence-electron chi connectivity index (χ1n) is 12.2. The minimum absolute atomic E-state index is 0.185. The Bertz CT molecular complexity index is 1070. The fourth-order valence-corrected chi connectivity index (χ4v) is 5.89. The van der Waals surface area contributed by atoms with Gasteiger partial charge in [0.15, 0.2) is 5.11 Å². The second kappa shape index (κ2) is 11.6. The standard InChI is InChI=1S/C26H30Cl2F3N3O2S/c27-20-13-21(28)15-22(14-20)32-24(37)34-11-7-25(36,8-12-34)23(35)16-33-9-5-18(6-10-33)17-1-3-19(4-2-17)26(29,30)31/h1-4,13-15,18,23,35-36H,5-12,16H2,(H,32,37). The number of hydrogen-bond donors (Lipinski definition) is 3. The summed E-state index contributed by atoms with van der Waals surface area (Å²) in [6.07, 6.45) is -2.93. The van der Waals surface area contributed by atoms with Crippen LogP contribution in [-0.4, -0.2) is 69.6 Å². The molecule has 2 heterocycles. The quantitative estimate of drug-likeness (QED) is 0.393. The van der Waals surface area contributed by atoms with E-state index in [9.17, 15) is 23.4 Å². The lowest BCUT2D eigenvalue weighted by Gasteiger charge is -2.43. The normalized spacial score (nSPS) is 20.0. The number of halogens is 5. The molecule has 0 amide bonds. The highest BCUT2D eigenvalue weighted by molar-refractivity contribution is 7.80. The van der Waals surface area contributed by atoms with Gasteiger partial charge < -0.3 is 25.3 Å². The van der Waals surface area contributed by atoms with E-state index in [4.69, 9.17) is 35.4 Å². The maximum atomic E-state index is 12.8. The fraction of sp³-hybridized carbons (Fsp3) is 0.500. The van der Waals surface area contributed by atoms with Crippen LogP contribution < -0.4 is 5.32 Å². The van der Waals surface area contributed by atoms with Crippen molar-refractivity contribution in [3.8, 4) is 0 Å². The molecule has 37 heavy (non-hydrogen) atoms. The summed E-state index contributed by atoms with van der Waals surface area (Å²) in [5.41, 5.74) is -0.260. The molecule has 0 spiro atoms. The number of likely N-dealkylation sites (tertiary alicyclic amines) is 2. The number of rotatable bonds is 5. The van der Waals surface area contributed by atoms with Gasteiger partial charge in [-0.3, -0.25) is 0 Å². The van der Waals surface area contributed by atoms with Crippen molar-refractivity contribution >= 4 is 46.2 Å². The molecule has 1 unspecified atom stereocenters. The molecule has 2 fully saturated rings. The molecule has 2 aliphatic rings. The van der Waals surface area contributed by atoms with Gasteiger partial charge in [-0.05, 0) is 92.8 Å². The maximum absolute atomic E-state index is 12.8. The van der Waals surface area contributed by atoms with E-state index in [0.717, 1.165) is 30.5 Å². The van der Waals surface area contributed by atoms with Gasteiger partial charge in [0, 0.05) is 35.4 Å². The molecule has 0 bridgehead atoms. The van der Waals surface area contributed by atoms with Crippen molar-refractivity contribution in [2.24, 2.45) is 0 Å². The number of piperidine rings is 2. The number of alkyl halides is 3. The molecule has 1 atom stereocenters. The number of hydrogen-bond acceptors (Lipinski definition) is 4. The number of aliphatic hydroxyl groups is 2. The first kappa shape index (κ1) is 28.4. The lowest BCUT2D eigenvalue weighted by Crippen LogP contribution is -2.56. The number of anilines is 1. The number of thiocarbonyl (C=S) groups is 1.